The van der Waals surface area contributed by atoms with Crippen molar-refractivity contribution < 1.29 is 9.90 Å². The van der Waals surface area contributed by atoms with E-state index >= 15 is 0 Å². The number of nitrogens with zero attached hydrogens (tertiary/aromatic N) is 3. The molecule has 0 amide bonds. The topological polar surface area (TPSA) is 118 Å². The first-order valence-corrected chi connectivity index (χ1v) is 11.0. The molecule has 0 saturated heterocycles. The molecular weight excluding hydrogens is 390 g/mol. The van der Waals surface area contributed by atoms with Gasteiger partial charge in [-0.25, -0.2) is 0 Å². The average molecular weight is 426 g/mol. The highest BCUT2D eigenvalue weighted by molar-refractivity contribution is 5.74. The second-order valence-corrected chi connectivity index (χ2v) is 7.80. The summed E-state index contributed by atoms with van der Waals surface area (Å²) < 4.78 is 0. The molecule has 0 aliphatic carbocycles. The van der Waals surface area contributed by atoms with Crippen LogP contribution >= 0.6 is 0 Å². The molecule has 5 N–H and O–H groups in total. The molecule has 7 heteroatoms. The van der Waals surface area contributed by atoms with Crippen LogP contribution in [0.4, 0.5) is 11.5 Å². The number of benzene rings is 1. The lowest BCUT2D eigenvalue weighted by Crippen LogP contribution is -2.28. The third-order valence-corrected chi connectivity index (χ3v) is 5.22. The zero-order valence-corrected chi connectivity index (χ0v) is 18.3. The van der Waals surface area contributed by atoms with Crippen LogP contribution in [-0.4, -0.2) is 41.2 Å². The van der Waals surface area contributed by atoms with E-state index in [-0.39, 0.29) is 5.75 Å². The third-order valence-electron chi connectivity index (χ3n) is 5.22. The summed E-state index contributed by atoms with van der Waals surface area (Å²) in [5, 5.41) is 18.6. The van der Waals surface area contributed by atoms with Crippen molar-refractivity contribution in [2.45, 2.75) is 51.4 Å². The van der Waals surface area contributed by atoms with Crippen LogP contribution in [0.15, 0.2) is 42.5 Å². The van der Waals surface area contributed by atoms with Crippen molar-refractivity contribution in [3.05, 3.63) is 42.5 Å². The maximum atomic E-state index is 10.4. The first kappa shape index (κ1) is 24.3. The first-order valence-electron chi connectivity index (χ1n) is 11.0. The Kier molecular flexibility index (Phi) is 10.5. The zero-order chi connectivity index (χ0) is 22.5. The van der Waals surface area contributed by atoms with Gasteiger partial charge in [-0.1, -0.05) is 43.5 Å². The number of phenols is 1. The van der Waals surface area contributed by atoms with Gasteiger partial charge in [-0.2, -0.15) is 0 Å². The number of aldehydes is 1. The van der Waals surface area contributed by atoms with Gasteiger partial charge in [-0.05, 0) is 50.4 Å². The predicted molar refractivity (Wildman–Crippen MR) is 127 cm³/mol. The number of para-hydroxylation sites is 1. The van der Waals surface area contributed by atoms with Crippen molar-refractivity contribution in [2.24, 2.45) is 5.73 Å². The molecule has 2 aromatic rings. The molecule has 0 spiro atoms. The van der Waals surface area contributed by atoms with Gasteiger partial charge in [0.15, 0.2) is 5.82 Å². The standard InChI is InChI=1S/C24H35N5O2/c1-19(11-10-14-25)18-29(15-8-4-2-3-5-9-16-30)22-17-21(27-28-24(22)26)20-12-6-7-13-23(20)31/h6-7,12-13,16-17,31H,1-5,8-11,14-15,18,25H2,(H2,26,28). The molecule has 0 aliphatic rings. The minimum Gasteiger partial charge on any atom is -0.507 e. The van der Waals surface area contributed by atoms with E-state index in [0.717, 1.165) is 69.0 Å². The summed E-state index contributed by atoms with van der Waals surface area (Å²) in [5.74, 6) is 0.513. The Bertz CT molecular complexity index is 840. The summed E-state index contributed by atoms with van der Waals surface area (Å²) in [4.78, 5) is 12.6. The molecule has 1 heterocycles. The summed E-state index contributed by atoms with van der Waals surface area (Å²) in [7, 11) is 0. The van der Waals surface area contributed by atoms with Crippen LogP contribution in [0.1, 0.15) is 51.4 Å². The largest absolute Gasteiger partial charge is 0.507 e. The minimum atomic E-state index is 0.154. The molecule has 1 aromatic heterocycles. The number of hydrogen-bond donors (Lipinski definition) is 3. The van der Waals surface area contributed by atoms with Gasteiger partial charge in [0, 0.05) is 25.1 Å². The van der Waals surface area contributed by atoms with Crippen LogP contribution in [-0.2, 0) is 4.79 Å². The van der Waals surface area contributed by atoms with E-state index in [4.69, 9.17) is 11.5 Å². The van der Waals surface area contributed by atoms with E-state index in [1.807, 2.05) is 18.2 Å². The number of carbonyl (C=O) groups excluding carboxylic acids is 1. The van der Waals surface area contributed by atoms with Crippen LogP contribution < -0.4 is 16.4 Å². The lowest BCUT2D eigenvalue weighted by atomic mass is 10.1. The number of hydrogen-bond acceptors (Lipinski definition) is 7. The minimum absolute atomic E-state index is 0.154. The normalized spacial score (nSPS) is 10.7. The third kappa shape index (κ3) is 8.02. The maximum absolute atomic E-state index is 10.4. The van der Waals surface area contributed by atoms with E-state index in [0.29, 0.717) is 36.6 Å². The summed E-state index contributed by atoms with van der Waals surface area (Å²) in [6, 6.07) is 8.95. The molecule has 0 radical (unpaired) electrons. The number of unbranched alkanes of at least 4 members (excludes halogenated alkanes) is 5. The number of aromatic hydroxyl groups is 1. The quantitative estimate of drug-likeness (QED) is 0.223. The van der Waals surface area contributed by atoms with Gasteiger partial charge in [-0.3, -0.25) is 0 Å². The van der Waals surface area contributed by atoms with Crippen LogP contribution in [0.3, 0.4) is 0 Å². The van der Waals surface area contributed by atoms with E-state index in [2.05, 4.69) is 21.7 Å². The summed E-state index contributed by atoms with van der Waals surface area (Å²) in [6.07, 6.45) is 8.58. The Morgan fingerprint density at radius 1 is 1.10 bits per heavy atom. The fourth-order valence-electron chi connectivity index (χ4n) is 3.51. The van der Waals surface area contributed by atoms with Gasteiger partial charge >= 0.3 is 0 Å². The van der Waals surface area contributed by atoms with Gasteiger partial charge in [0.2, 0.25) is 0 Å². The van der Waals surface area contributed by atoms with Crippen LogP contribution in [0.25, 0.3) is 11.3 Å². The van der Waals surface area contributed by atoms with Gasteiger partial charge in [0.05, 0.1) is 11.4 Å². The highest BCUT2D eigenvalue weighted by atomic mass is 16.3. The number of phenolic OH excluding ortho intramolecular Hbond substituents is 1. The molecule has 0 aliphatic heterocycles. The predicted octanol–water partition coefficient (Wildman–Crippen LogP) is 4.07. The Morgan fingerprint density at radius 2 is 1.84 bits per heavy atom. The Balaban J connectivity index is 2.15. The zero-order valence-electron chi connectivity index (χ0n) is 18.3. The second kappa shape index (κ2) is 13.4. The van der Waals surface area contributed by atoms with Crippen molar-refractivity contribution in [1.82, 2.24) is 10.2 Å². The van der Waals surface area contributed by atoms with Gasteiger partial charge in [-0.15, -0.1) is 10.2 Å². The van der Waals surface area contributed by atoms with Crippen LogP contribution in [0, 0.1) is 0 Å². The summed E-state index contributed by atoms with van der Waals surface area (Å²) in [5.41, 5.74) is 14.9. The number of nitrogens with two attached hydrogens (primary N) is 2. The molecule has 31 heavy (non-hydrogen) atoms. The first-order chi connectivity index (χ1) is 15.1. The van der Waals surface area contributed by atoms with Crippen LogP contribution in [0.2, 0.25) is 0 Å². The van der Waals surface area contributed by atoms with Crippen molar-refractivity contribution in [1.29, 1.82) is 0 Å². The van der Waals surface area contributed by atoms with E-state index in [1.165, 1.54) is 0 Å². The smallest absolute Gasteiger partial charge is 0.169 e. The lowest BCUT2D eigenvalue weighted by Gasteiger charge is -2.27. The molecule has 0 saturated carbocycles. The average Bonchev–Trinajstić information content (AvgIpc) is 2.77. The molecule has 0 unspecified atom stereocenters. The van der Waals surface area contributed by atoms with Crippen molar-refractivity contribution in [3.8, 4) is 17.0 Å². The molecule has 0 atom stereocenters. The SMILES string of the molecule is C=C(CCCN)CN(CCCCCCCC=O)c1cc(-c2ccccc2O)nnc1N. The Morgan fingerprint density at radius 3 is 2.58 bits per heavy atom. The fourth-order valence-corrected chi connectivity index (χ4v) is 3.51. The molecule has 0 fully saturated rings. The van der Waals surface area contributed by atoms with Gasteiger partial charge in [0.1, 0.15) is 12.0 Å². The molecule has 0 bridgehead atoms. The van der Waals surface area contributed by atoms with Crippen molar-refractivity contribution >= 4 is 17.8 Å². The van der Waals surface area contributed by atoms with Gasteiger partial charge in [0.25, 0.3) is 0 Å². The van der Waals surface area contributed by atoms with Crippen molar-refractivity contribution in [2.75, 3.05) is 30.3 Å². The molecule has 7 nitrogen and oxygen atoms in total. The van der Waals surface area contributed by atoms with Gasteiger partial charge < -0.3 is 26.3 Å². The van der Waals surface area contributed by atoms with Crippen LogP contribution in [0.5, 0.6) is 5.75 Å². The van der Waals surface area contributed by atoms with E-state index < -0.39 is 0 Å². The number of rotatable bonds is 15. The molecule has 2 rings (SSSR count). The highest BCUT2D eigenvalue weighted by Crippen LogP contribution is 2.31. The molecule has 168 valence electrons. The lowest BCUT2D eigenvalue weighted by molar-refractivity contribution is -0.107. The highest BCUT2D eigenvalue weighted by Gasteiger charge is 2.16. The number of nitrogen functional groups attached to an aromatic ring is 1. The maximum Gasteiger partial charge on any atom is 0.169 e. The fraction of sp³-hybridized carbons (Fsp3) is 0.458. The monoisotopic (exact) mass is 425 g/mol. The second-order valence-electron chi connectivity index (χ2n) is 7.80. The van der Waals surface area contributed by atoms with Crippen molar-refractivity contribution in [3.63, 3.8) is 0 Å². The molecule has 1 aromatic carbocycles. The Hall–Kier alpha value is -2.93. The number of aromatic nitrogens is 2. The Labute approximate surface area is 185 Å². The van der Waals surface area contributed by atoms with E-state index in [1.54, 1.807) is 12.1 Å². The summed E-state index contributed by atoms with van der Waals surface area (Å²) >= 11 is 0. The number of anilines is 2. The van der Waals surface area contributed by atoms with E-state index in [9.17, 15) is 9.90 Å². The summed E-state index contributed by atoms with van der Waals surface area (Å²) in [6.45, 7) is 6.33. The molecular formula is C24H35N5O2. The number of carbonyl (C=O) groups is 1.